The average Bonchev–Trinajstić information content (AvgIpc) is 3.42. The minimum atomic E-state index is -0.561. The molecule has 1 aromatic carbocycles. The molecule has 1 fully saturated rings. The predicted molar refractivity (Wildman–Crippen MR) is 120 cm³/mol. The molecule has 0 bridgehead atoms. The lowest BCUT2D eigenvalue weighted by Gasteiger charge is -2.36. The van der Waals surface area contributed by atoms with E-state index in [1.54, 1.807) is 26.0 Å². The highest BCUT2D eigenvalue weighted by Crippen LogP contribution is 2.44. The van der Waals surface area contributed by atoms with Gasteiger partial charge in [-0.2, -0.15) is 0 Å². The van der Waals surface area contributed by atoms with E-state index in [4.69, 9.17) is 9.47 Å². The summed E-state index contributed by atoms with van der Waals surface area (Å²) in [6.45, 7) is 4.95. The highest BCUT2D eigenvalue weighted by atomic mass is 32.2. The molecule has 1 aromatic rings. The molecule has 3 aliphatic rings. The molecule has 1 saturated heterocycles. The van der Waals surface area contributed by atoms with Gasteiger partial charge in [-0.05, 0) is 49.8 Å². The molecule has 2 unspecified atom stereocenters. The van der Waals surface area contributed by atoms with E-state index in [-0.39, 0.29) is 30.9 Å². The Bertz CT molecular complexity index is 983. The number of nitrogens with one attached hydrogen (secondary N) is 1. The van der Waals surface area contributed by atoms with Gasteiger partial charge in [0, 0.05) is 18.8 Å². The van der Waals surface area contributed by atoms with Crippen LogP contribution in [0.15, 0.2) is 51.6 Å². The predicted octanol–water partition coefficient (Wildman–Crippen LogP) is 3.65. The number of ether oxygens (including phenoxy) is 2. The highest BCUT2D eigenvalue weighted by Gasteiger charge is 2.41. The molecule has 7 nitrogen and oxygen atoms in total. The quantitative estimate of drug-likeness (QED) is 0.627. The molecule has 170 valence electrons. The minimum Gasteiger partial charge on any atom is -0.463 e. The van der Waals surface area contributed by atoms with Crippen molar-refractivity contribution in [2.24, 2.45) is 4.99 Å². The molecule has 0 spiro atoms. The Morgan fingerprint density at radius 2 is 2.12 bits per heavy atom. The number of fused-ring (bicyclic) bond motifs is 1. The molecule has 9 heteroatoms. The van der Waals surface area contributed by atoms with E-state index < -0.39 is 12.0 Å². The number of halogens is 1. The Kier molecular flexibility index (Phi) is 6.95. The third-order valence-electron chi connectivity index (χ3n) is 5.57. The third kappa shape index (κ3) is 4.73. The van der Waals surface area contributed by atoms with Crippen LogP contribution in [0.2, 0.25) is 0 Å². The molecule has 2 atom stereocenters. The summed E-state index contributed by atoms with van der Waals surface area (Å²) in [4.78, 5) is 32.0. The van der Waals surface area contributed by atoms with Crippen LogP contribution in [-0.2, 0) is 19.1 Å². The number of carbonyl (C=O) groups excluding carboxylic acids is 2. The Labute approximate surface area is 190 Å². The average molecular weight is 460 g/mol. The summed E-state index contributed by atoms with van der Waals surface area (Å²) in [5.41, 5.74) is 2.38. The summed E-state index contributed by atoms with van der Waals surface area (Å²) in [5.74, 6) is -0.964. The number of esters is 1. The van der Waals surface area contributed by atoms with Crippen molar-refractivity contribution in [1.82, 2.24) is 10.2 Å². The van der Waals surface area contributed by atoms with Gasteiger partial charge in [0.25, 0.3) is 0 Å². The summed E-state index contributed by atoms with van der Waals surface area (Å²) < 4.78 is 24.5. The summed E-state index contributed by atoms with van der Waals surface area (Å²) in [7, 11) is 0. The number of thioether (sulfide) groups is 1. The SMILES string of the molecule is CCOC(=O)C1=C(C)N=C2SC=C(CC(=O)NCC3CCCO3)N2C1c1ccc(F)cc1. The van der Waals surface area contributed by atoms with Crippen LogP contribution in [0, 0.1) is 5.82 Å². The number of rotatable bonds is 7. The van der Waals surface area contributed by atoms with Gasteiger partial charge in [0.05, 0.1) is 36.4 Å². The summed E-state index contributed by atoms with van der Waals surface area (Å²) in [6, 6.07) is 5.45. The van der Waals surface area contributed by atoms with Gasteiger partial charge in [-0.1, -0.05) is 23.9 Å². The second-order valence-corrected chi connectivity index (χ2v) is 8.62. The maximum atomic E-state index is 13.6. The number of benzene rings is 1. The van der Waals surface area contributed by atoms with Crippen LogP contribution in [0.1, 0.15) is 44.7 Å². The van der Waals surface area contributed by atoms with E-state index in [1.165, 1.54) is 23.9 Å². The largest absolute Gasteiger partial charge is 0.463 e. The fourth-order valence-corrected chi connectivity index (χ4v) is 5.02. The first-order chi connectivity index (χ1) is 15.5. The topological polar surface area (TPSA) is 80.2 Å². The van der Waals surface area contributed by atoms with Crippen LogP contribution >= 0.6 is 11.8 Å². The van der Waals surface area contributed by atoms with Crippen molar-refractivity contribution in [2.45, 2.75) is 45.3 Å². The van der Waals surface area contributed by atoms with Gasteiger partial charge in [0.15, 0.2) is 5.17 Å². The molecule has 4 rings (SSSR count). The number of allylic oxidation sites excluding steroid dienone is 1. The molecular weight excluding hydrogens is 433 g/mol. The minimum absolute atomic E-state index is 0.0611. The summed E-state index contributed by atoms with van der Waals surface area (Å²) in [5, 5.41) is 5.49. The Morgan fingerprint density at radius 1 is 1.34 bits per heavy atom. The van der Waals surface area contributed by atoms with Crippen molar-refractivity contribution in [3.8, 4) is 0 Å². The Morgan fingerprint density at radius 3 is 2.81 bits per heavy atom. The molecule has 3 aliphatic heterocycles. The molecule has 3 heterocycles. The number of amidine groups is 1. The zero-order chi connectivity index (χ0) is 22.7. The molecule has 0 radical (unpaired) electrons. The lowest BCUT2D eigenvalue weighted by molar-refractivity contribution is -0.139. The number of aliphatic imine (C=N–C) groups is 1. The van der Waals surface area contributed by atoms with E-state index in [0.29, 0.717) is 23.0 Å². The van der Waals surface area contributed by atoms with Crippen molar-refractivity contribution < 1.29 is 23.5 Å². The summed E-state index contributed by atoms with van der Waals surface area (Å²) in [6.07, 6.45) is 2.15. The van der Waals surface area contributed by atoms with Crippen LogP contribution in [0.4, 0.5) is 4.39 Å². The second kappa shape index (κ2) is 9.87. The Hall–Kier alpha value is -2.65. The van der Waals surface area contributed by atoms with Gasteiger partial charge in [0.2, 0.25) is 5.91 Å². The standard InChI is InChI=1S/C23H26FN3O4S/c1-3-30-22(29)20-14(2)26-23-27(21(20)15-6-8-16(24)9-7-15)17(13-32-23)11-19(28)25-12-18-5-4-10-31-18/h6-9,13,18,21H,3-5,10-12H2,1-2H3,(H,25,28). The zero-order valence-electron chi connectivity index (χ0n) is 18.1. The van der Waals surface area contributed by atoms with Crippen molar-refractivity contribution in [3.63, 3.8) is 0 Å². The van der Waals surface area contributed by atoms with E-state index in [0.717, 1.165) is 30.7 Å². The van der Waals surface area contributed by atoms with E-state index in [2.05, 4.69) is 10.3 Å². The van der Waals surface area contributed by atoms with Gasteiger partial charge < -0.3 is 19.7 Å². The molecule has 0 aliphatic carbocycles. The van der Waals surface area contributed by atoms with Crippen LogP contribution < -0.4 is 5.32 Å². The summed E-state index contributed by atoms with van der Waals surface area (Å²) >= 11 is 1.40. The fraction of sp³-hybridized carbons (Fsp3) is 0.435. The number of nitrogens with zero attached hydrogens (tertiary/aromatic N) is 2. The maximum absolute atomic E-state index is 13.6. The first kappa shape index (κ1) is 22.5. The van der Waals surface area contributed by atoms with Crippen molar-refractivity contribution >= 4 is 28.8 Å². The van der Waals surface area contributed by atoms with Crippen molar-refractivity contribution in [3.05, 3.63) is 58.0 Å². The lowest BCUT2D eigenvalue weighted by atomic mass is 9.94. The number of hydrogen-bond donors (Lipinski definition) is 1. The molecule has 32 heavy (non-hydrogen) atoms. The van der Waals surface area contributed by atoms with E-state index in [1.807, 2.05) is 10.3 Å². The first-order valence-corrected chi connectivity index (χ1v) is 11.6. The first-order valence-electron chi connectivity index (χ1n) is 10.7. The van der Waals surface area contributed by atoms with Gasteiger partial charge in [-0.25, -0.2) is 14.2 Å². The van der Waals surface area contributed by atoms with Crippen molar-refractivity contribution in [2.75, 3.05) is 19.8 Å². The zero-order valence-corrected chi connectivity index (χ0v) is 18.9. The van der Waals surface area contributed by atoms with Crippen LogP contribution in [-0.4, -0.2) is 47.8 Å². The molecular formula is C23H26FN3O4S. The maximum Gasteiger partial charge on any atom is 0.338 e. The van der Waals surface area contributed by atoms with Gasteiger partial charge in [-0.15, -0.1) is 0 Å². The second-order valence-electron chi connectivity index (χ2n) is 7.78. The van der Waals surface area contributed by atoms with Crippen LogP contribution in [0.25, 0.3) is 0 Å². The normalized spacial score (nSPS) is 22.4. The van der Waals surface area contributed by atoms with Crippen LogP contribution in [0.5, 0.6) is 0 Å². The molecule has 0 aromatic heterocycles. The number of amides is 1. The lowest BCUT2D eigenvalue weighted by Crippen LogP contribution is -2.38. The Balaban J connectivity index is 1.59. The number of hydrogen-bond acceptors (Lipinski definition) is 7. The van der Waals surface area contributed by atoms with E-state index >= 15 is 0 Å². The van der Waals surface area contributed by atoms with Gasteiger partial charge in [0.1, 0.15) is 5.82 Å². The van der Waals surface area contributed by atoms with E-state index in [9.17, 15) is 14.0 Å². The fourth-order valence-electron chi connectivity index (χ4n) is 4.06. The van der Waals surface area contributed by atoms with Crippen LogP contribution in [0.3, 0.4) is 0 Å². The highest BCUT2D eigenvalue weighted by molar-refractivity contribution is 8.16. The number of carbonyl (C=O) groups is 2. The van der Waals surface area contributed by atoms with Crippen molar-refractivity contribution in [1.29, 1.82) is 0 Å². The molecule has 1 N–H and O–H groups in total. The monoisotopic (exact) mass is 459 g/mol. The van der Waals surface area contributed by atoms with Gasteiger partial charge in [-0.3, -0.25) is 4.79 Å². The smallest absolute Gasteiger partial charge is 0.338 e. The third-order valence-corrected chi connectivity index (χ3v) is 6.46. The van der Waals surface area contributed by atoms with Gasteiger partial charge >= 0.3 is 5.97 Å². The molecule has 0 saturated carbocycles. The molecule has 1 amide bonds.